The first kappa shape index (κ1) is 19.4. The van der Waals surface area contributed by atoms with E-state index in [0.29, 0.717) is 0 Å². The Hall–Kier alpha value is -2.93. The van der Waals surface area contributed by atoms with Gasteiger partial charge in [0.05, 0.1) is 13.7 Å². The van der Waals surface area contributed by atoms with Crippen LogP contribution >= 0.6 is 11.8 Å². The van der Waals surface area contributed by atoms with Crippen LogP contribution in [0.15, 0.2) is 58.3 Å². The van der Waals surface area contributed by atoms with Crippen LogP contribution < -0.4 is 0 Å². The van der Waals surface area contributed by atoms with E-state index in [2.05, 4.69) is 9.47 Å². The quantitative estimate of drug-likeness (QED) is 0.419. The van der Waals surface area contributed by atoms with Crippen LogP contribution in [-0.2, 0) is 19.1 Å². The van der Waals surface area contributed by atoms with Crippen LogP contribution in [0.2, 0.25) is 0 Å². The maximum atomic E-state index is 11.8. The molecule has 134 valence electrons. The van der Waals surface area contributed by atoms with E-state index in [-0.39, 0.29) is 17.7 Å². The van der Waals surface area contributed by atoms with E-state index in [0.717, 1.165) is 16.9 Å². The highest BCUT2D eigenvalue weighted by Gasteiger charge is 2.18. The van der Waals surface area contributed by atoms with Gasteiger partial charge in [-0.3, -0.25) is 9.59 Å². The molecule has 0 aliphatic heterocycles. The fourth-order valence-electron chi connectivity index (χ4n) is 2.01. The van der Waals surface area contributed by atoms with Gasteiger partial charge >= 0.3 is 11.9 Å². The number of carbonyl (C=O) groups excluding carboxylic acids is 4. The molecule has 0 spiro atoms. The van der Waals surface area contributed by atoms with Gasteiger partial charge in [0.25, 0.3) is 11.6 Å². The van der Waals surface area contributed by atoms with Gasteiger partial charge in [-0.1, -0.05) is 11.8 Å². The summed E-state index contributed by atoms with van der Waals surface area (Å²) >= 11 is 1.41. The van der Waals surface area contributed by atoms with Gasteiger partial charge in [0.15, 0.2) is 0 Å². The summed E-state index contributed by atoms with van der Waals surface area (Å²) in [6.45, 7) is 1.78. The largest absolute Gasteiger partial charge is 0.463 e. The Morgan fingerprint density at radius 3 is 1.58 bits per heavy atom. The molecular formula is C19H16O6S. The van der Waals surface area contributed by atoms with Crippen molar-refractivity contribution in [1.29, 1.82) is 0 Å². The Morgan fingerprint density at radius 2 is 1.19 bits per heavy atom. The molecule has 0 unspecified atom stereocenters. The summed E-state index contributed by atoms with van der Waals surface area (Å²) in [7, 11) is 1.15. The topological polar surface area (TPSA) is 86.7 Å². The molecule has 0 aromatic heterocycles. The number of Topliss-reactive ketones (excluding diaryl/α,β-unsaturated/α-hetero) is 2. The maximum absolute atomic E-state index is 11.8. The van der Waals surface area contributed by atoms with Crippen molar-refractivity contribution >= 4 is 35.3 Å². The van der Waals surface area contributed by atoms with E-state index in [4.69, 9.17) is 0 Å². The number of esters is 2. The summed E-state index contributed by atoms with van der Waals surface area (Å²) in [6.07, 6.45) is 0. The number of hydrogen-bond donors (Lipinski definition) is 0. The zero-order valence-corrected chi connectivity index (χ0v) is 15.0. The highest BCUT2D eigenvalue weighted by Crippen LogP contribution is 2.28. The van der Waals surface area contributed by atoms with Gasteiger partial charge in [0.2, 0.25) is 0 Å². The minimum atomic E-state index is -0.910. The molecule has 0 saturated heterocycles. The minimum absolute atomic E-state index is 0.146. The average molecular weight is 372 g/mol. The Morgan fingerprint density at radius 1 is 0.769 bits per heavy atom. The lowest BCUT2D eigenvalue weighted by atomic mass is 10.1. The number of ketones is 2. The summed E-state index contributed by atoms with van der Waals surface area (Å²) in [5, 5.41) is 0. The lowest BCUT2D eigenvalue weighted by Gasteiger charge is -2.05. The van der Waals surface area contributed by atoms with Gasteiger partial charge in [-0.15, -0.1) is 0 Å². The van der Waals surface area contributed by atoms with Crippen LogP contribution in [0.25, 0.3) is 0 Å². The highest BCUT2D eigenvalue weighted by molar-refractivity contribution is 7.99. The number of rotatable bonds is 7. The molecule has 2 aromatic carbocycles. The van der Waals surface area contributed by atoms with Crippen LogP contribution in [0.3, 0.4) is 0 Å². The standard InChI is InChI=1S/C19H16O6S/c1-3-25-19(23)17(21)13-6-10-15(11-7-13)26-14-8-4-12(5-9-14)16(20)18(22)24-2/h4-11H,3H2,1-2H3. The van der Waals surface area contributed by atoms with Crippen LogP contribution in [0.4, 0.5) is 0 Å². The number of methoxy groups -OCH3 is 1. The van der Waals surface area contributed by atoms with Crippen molar-refractivity contribution in [1.82, 2.24) is 0 Å². The van der Waals surface area contributed by atoms with E-state index in [1.807, 2.05) is 0 Å². The third kappa shape index (κ3) is 4.80. The summed E-state index contributed by atoms with van der Waals surface area (Å²) in [4.78, 5) is 47.9. The lowest BCUT2D eigenvalue weighted by molar-refractivity contribution is -0.137. The molecule has 0 N–H and O–H groups in total. The van der Waals surface area contributed by atoms with Gasteiger partial charge in [0, 0.05) is 20.9 Å². The molecular weight excluding hydrogens is 356 g/mol. The predicted octanol–water partition coefficient (Wildman–Crippen LogP) is 2.94. The monoisotopic (exact) mass is 372 g/mol. The molecule has 0 bridgehead atoms. The first-order valence-corrected chi connectivity index (χ1v) is 8.50. The van der Waals surface area contributed by atoms with Crippen molar-refractivity contribution in [3.05, 3.63) is 59.7 Å². The second kappa shape index (κ2) is 8.96. The summed E-state index contributed by atoms with van der Waals surface area (Å²) in [5.41, 5.74) is 0.503. The SMILES string of the molecule is CCOC(=O)C(=O)c1ccc(Sc2ccc(C(=O)C(=O)OC)cc2)cc1. The zero-order valence-electron chi connectivity index (χ0n) is 14.2. The van der Waals surface area contributed by atoms with Crippen molar-refractivity contribution in [2.24, 2.45) is 0 Å². The molecule has 0 radical (unpaired) electrons. The van der Waals surface area contributed by atoms with Crippen molar-refractivity contribution in [3.8, 4) is 0 Å². The number of carbonyl (C=O) groups is 4. The Balaban J connectivity index is 2.05. The fourth-order valence-corrected chi connectivity index (χ4v) is 2.83. The highest BCUT2D eigenvalue weighted by atomic mass is 32.2. The summed E-state index contributed by atoms with van der Waals surface area (Å²) in [6, 6.07) is 13.0. The van der Waals surface area contributed by atoms with Gasteiger partial charge in [0.1, 0.15) is 0 Å². The number of ether oxygens (including phenoxy) is 2. The van der Waals surface area contributed by atoms with E-state index >= 15 is 0 Å². The first-order chi connectivity index (χ1) is 12.5. The predicted molar refractivity (Wildman–Crippen MR) is 94.3 cm³/mol. The molecule has 0 amide bonds. The molecule has 0 aliphatic rings. The van der Waals surface area contributed by atoms with Gasteiger partial charge < -0.3 is 9.47 Å². The smallest absolute Gasteiger partial charge is 0.379 e. The van der Waals surface area contributed by atoms with Crippen molar-refractivity contribution in [3.63, 3.8) is 0 Å². The maximum Gasteiger partial charge on any atom is 0.379 e. The van der Waals surface area contributed by atoms with E-state index in [1.165, 1.54) is 11.8 Å². The lowest BCUT2D eigenvalue weighted by Crippen LogP contribution is -2.17. The third-order valence-electron chi connectivity index (χ3n) is 3.30. The molecule has 0 aliphatic carbocycles. The molecule has 2 rings (SSSR count). The molecule has 0 fully saturated rings. The van der Waals surface area contributed by atoms with E-state index < -0.39 is 23.5 Å². The Bertz CT molecular complexity index is 824. The molecule has 0 atom stereocenters. The van der Waals surface area contributed by atoms with E-state index in [9.17, 15) is 19.2 Å². The van der Waals surface area contributed by atoms with Gasteiger partial charge in [-0.2, -0.15) is 0 Å². The molecule has 6 nitrogen and oxygen atoms in total. The fraction of sp³-hybridized carbons (Fsp3) is 0.158. The van der Waals surface area contributed by atoms with Crippen LogP contribution in [0, 0.1) is 0 Å². The van der Waals surface area contributed by atoms with Gasteiger partial charge in [-0.05, 0) is 55.5 Å². The minimum Gasteiger partial charge on any atom is -0.463 e. The van der Waals surface area contributed by atoms with Crippen LogP contribution in [0.5, 0.6) is 0 Å². The van der Waals surface area contributed by atoms with E-state index in [1.54, 1.807) is 55.5 Å². The van der Waals surface area contributed by atoms with Crippen molar-refractivity contribution in [2.45, 2.75) is 16.7 Å². The molecule has 0 heterocycles. The number of benzene rings is 2. The normalized spacial score (nSPS) is 10.1. The molecule has 0 saturated carbocycles. The van der Waals surface area contributed by atoms with Crippen molar-refractivity contribution in [2.75, 3.05) is 13.7 Å². The third-order valence-corrected chi connectivity index (χ3v) is 4.32. The first-order valence-electron chi connectivity index (χ1n) is 7.68. The van der Waals surface area contributed by atoms with Crippen LogP contribution in [0.1, 0.15) is 27.6 Å². The average Bonchev–Trinajstić information content (AvgIpc) is 2.67. The summed E-state index contributed by atoms with van der Waals surface area (Å²) < 4.78 is 9.09. The van der Waals surface area contributed by atoms with Crippen molar-refractivity contribution < 1.29 is 28.7 Å². The zero-order chi connectivity index (χ0) is 19.1. The molecule has 2 aromatic rings. The van der Waals surface area contributed by atoms with Gasteiger partial charge in [-0.25, -0.2) is 9.59 Å². The van der Waals surface area contributed by atoms with Crippen LogP contribution in [-0.4, -0.2) is 37.2 Å². The second-order valence-corrected chi connectivity index (χ2v) is 6.17. The molecule has 7 heteroatoms. The molecule has 26 heavy (non-hydrogen) atoms. The second-order valence-electron chi connectivity index (χ2n) is 5.02. The number of hydrogen-bond acceptors (Lipinski definition) is 7. The summed E-state index contributed by atoms with van der Waals surface area (Å²) in [5.74, 6) is -3.18. The Kier molecular flexibility index (Phi) is 6.68. The Labute approximate surface area is 154 Å².